The van der Waals surface area contributed by atoms with Gasteiger partial charge in [0, 0.05) is 36.1 Å². The molecule has 1 aromatic heterocycles. The van der Waals surface area contributed by atoms with Crippen molar-refractivity contribution in [3.8, 4) is 0 Å². The Labute approximate surface area is 170 Å². The first-order chi connectivity index (χ1) is 13.8. The van der Waals surface area contributed by atoms with Crippen LogP contribution in [0.15, 0.2) is 47.8 Å². The zero-order valence-corrected chi connectivity index (χ0v) is 16.3. The minimum atomic E-state index is -5.08. The Balaban J connectivity index is 0.000000298. The van der Waals surface area contributed by atoms with Crippen LogP contribution in [0.25, 0.3) is 0 Å². The third-order valence-electron chi connectivity index (χ3n) is 5.10. The maximum Gasteiger partial charge on any atom is 0.490 e. The number of halogens is 3. The van der Waals surface area contributed by atoms with Crippen LogP contribution < -0.4 is 4.90 Å². The third-order valence-corrected chi connectivity index (χ3v) is 5.96. The van der Waals surface area contributed by atoms with Crippen LogP contribution >= 0.6 is 11.3 Å². The Bertz CT molecular complexity index is 827. The van der Waals surface area contributed by atoms with E-state index >= 15 is 0 Å². The van der Waals surface area contributed by atoms with Crippen molar-refractivity contribution >= 4 is 28.9 Å². The second-order valence-corrected chi connectivity index (χ2v) is 7.95. The number of hydrogen-bond acceptors (Lipinski definition) is 4. The summed E-state index contributed by atoms with van der Waals surface area (Å²) in [5.41, 5.74) is 1.06. The highest BCUT2D eigenvalue weighted by molar-refractivity contribution is 7.09. The van der Waals surface area contributed by atoms with Gasteiger partial charge >= 0.3 is 12.1 Å². The Kier molecular flexibility index (Phi) is 6.59. The number of hydrogen-bond donors (Lipinski definition) is 1. The molecule has 0 radical (unpaired) electrons. The first-order valence-electron chi connectivity index (χ1n) is 9.21. The van der Waals surface area contributed by atoms with E-state index in [2.05, 4.69) is 39.4 Å². The van der Waals surface area contributed by atoms with Crippen LogP contribution in [0.2, 0.25) is 0 Å². The zero-order valence-electron chi connectivity index (χ0n) is 15.5. The number of piperidine rings is 1. The van der Waals surface area contributed by atoms with E-state index in [1.54, 1.807) is 0 Å². The maximum absolute atomic E-state index is 12.5. The number of alkyl halides is 3. The number of likely N-dealkylation sites (tertiary alicyclic amines) is 1. The number of amides is 1. The van der Waals surface area contributed by atoms with Gasteiger partial charge in [-0.25, -0.2) is 4.79 Å². The lowest BCUT2D eigenvalue weighted by atomic mass is 9.95. The standard InChI is InChI=1S/C18H20N2OS.C2HF3O2/c21-18-9-8-16-17(20(18)14-5-2-1-3-6-14)10-11-19(16)13-15-7-4-12-22-15;3-2(4,5)1(6)7/h1-7,12,16-17H,8-11,13H2;(H,6,7)/t16-,17-;/m1./s1. The summed E-state index contributed by atoms with van der Waals surface area (Å²) in [6, 6.07) is 15.3. The van der Waals surface area contributed by atoms with Crippen molar-refractivity contribution in [3.63, 3.8) is 0 Å². The highest BCUT2D eigenvalue weighted by atomic mass is 32.1. The number of carboxylic acids is 1. The first kappa shape index (κ1) is 21.3. The molecule has 2 fully saturated rings. The fourth-order valence-electron chi connectivity index (χ4n) is 3.88. The Morgan fingerprint density at radius 1 is 1.10 bits per heavy atom. The average molecular weight is 426 g/mol. The lowest BCUT2D eigenvalue weighted by Crippen LogP contribution is -2.52. The molecule has 2 atom stereocenters. The summed E-state index contributed by atoms with van der Waals surface area (Å²) in [7, 11) is 0. The molecule has 4 rings (SSSR count). The number of thiophene rings is 1. The average Bonchev–Trinajstić information content (AvgIpc) is 3.33. The number of rotatable bonds is 3. The number of fused-ring (bicyclic) bond motifs is 1. The number of carbonyl (C=O) groups is 2. The van der Waals surface area contributed by atoms with E-state index in [-0.39, 0.29) is 5.91 Å². The summed E-state index contributed by atoms with van der Waals surface area (Å²) < 4.78 is 31.7. The number of carbonyl (C=O) groups excluding carboxylic acids is 1. The van der Waals surface area contributed by atoms with E-state index in [1.165, 1.54) is 4.88 Å². The highest BCUT2D eigenvalue weighted by Crippen LogP contribution is 2.35. The van der Waals surface area contributed by atoms with Gasteiger partial charge in [0.1, 0.15) is 0 Å². The van der Waals surface area contributed by atoms with Gasteiger partial charge in [-0.1, -0.05) is 24.3 Å². The summed E-state index contributed by atoms with van der Waals surface area (Å²) in [5.74, 6) is -2.47. The van der Waals surface area contributed by atoms with Crippen LogP contribution in [0.4, 0.5) is 18.9 Å². The summed E-state index contributed by atoms with van der Waals surface area (Å²) >= 11 is 1.82. The van der Waals surface area contributed by atoms with E-state index in [1.807, 2.05) is 29.5 Å². The monoisotopic (exact) mass is 426 g/mol. The molecule has 1 amide bonds. The van der Waals surface area contributed by atoms with E-state index < -0.39 is 12.1 Å². The van der Waals surface area contributed by atoms with Gasteiger partial charge in [0.2, 0.25) is 5.91 Å². The van der Waals surface area contributed by atoms with Gasteiger partial charge in [-0.3, -0.25) is 9.69 Å². The number of carboxylic acid groups (broad SMARTS) is 1. The largest absolute Gasteiger partial charge is 0.490 e. The lowest BCUT2D eigenvalue weighted by molar-refractivity contribution is -0.192. The number of para-hydroxylation sites is 1. The molecule has 3 heterocycles. The van der Waals surface area contributed by atoms with Crippen molar-refractivity contribution in [1.29, 1.82) is 0 Å². The Hall–Kier alpha value is -2.39. The summed E-state index contributed by atoms with van der Waals surface area (Å²) in [6.45, 7) is 2.11. The second-order valence-electron chi connectivity index (χ2n) is 6.91. The number of benzene rings is 1. The molecule has 2 aliphatic heterocycles. The molecule has 29 heavy (non-hydrogen) atoms. The number of nitrogens with zero attached hydrogens (tertiary/aromatic N) is 2. The summed E-state index contributed by atoms with van der Waals surface area (Å²) in [6.07, 6.45) is -2.34. The van der Waals surface area contributed by atoms with Crippen molar-refractivity contribution in [2.75, 3.05) is 11.4 Å². The Morgan fingerprint density at radius 3 is 2.38 bits per heavy atom. The molecule has 1 N–H and O–H groups in total. The van der Waals surface area contributed by atoms with Gasteiger partial charge in [0.25, 0.3) is 0 Å². The van der Waals surface area contributed by atoms with Crippen molar-refractivity contribution < 1.29 is 27.9 Å². The molecule has 9 heteroatoms. The molecule has 0 aliphatic carbocycles. The van der Waals surface area contributed by atoms with Gasteiger partial charge < -0.3 is 10.0 Å². The molecule has 0 bridgehead atoms. The molecule has 2 saturated heterocycles. The van der Waals surface area contributed by atoms with Gasteiger partial charge in [-0.15, -0.1) is 11.3 Å². The second kappa shape index (κ2) is 8.96. The molecule has 5 nitrogen and oxygen atoms in total. The fourth-order valence-corrected chi connectivity index (χ4v) is 4.61. The van der Waals surface area contributed by atoms with E-state index in [9.17, 15) is 18.0 Å². The van der Waals surface area contributed by atoms with Gasteiger partial charge in [-0.05, 0) is 36.4 Å². The van der Waals surface area contributed by atoms with Crippen LogP contribution in [0.3, 0.4) is 0 Å². The third kappa shape index (κ3) is 5.16. The molecular weight excluding hydrogens is 405 g/mol. The van der Waals surface area contributed by atoms with Crippen molar-refractivity contribution in [2.24, 2.45) is 0 Å². The predicted molar refractivity (Wildman–Crippen MR) is 104 cm³/mol. The topological polar surface area (TPSA) is 60.9 Å². The fraction of sp³-hybridized carbons (Fsp3) is 0.400. The molecule has 2 aliphatic rings. The van der Waals surface area contributed by atoms with Crippen molar-refractivity contribution in [2.45, 2.75) is 44.1 Å². The minimum absolute atomic E-state index is 0.283. The van der Waals surface area contributed by atoms with Gasteiger partial charge in [0.05, 0.1) is 6.04 Å². The molecule has 0 saturated carbocycles. The van der Waals surface area contributed by atoms with Crippen LogP contribution in [0.1, 0.15) is 24.1 Å². The zero-order chi connectivity index (χ0) is 21.0. The van der Waals surface area contributed by atoms with Crippen LogP contribution in [0.5, 0.6) is 0 Å². The van der Waals surface area contributed by atoms with Crippen LogP contribution in [-0.4, -0.2) is 46.7 Å². The number of anilines is 1. The van der Waals surface area contributed by atoms with Crippen LogP contribution in [0, 0.1) is 0 Å². The van der Waals surface area contributed by atoms with Crippen molar-refractivity contribution in [1.82, 2.24) is 4.90 Å². The molecule has 2 aromatic rings. The quantitative estimate of drug-likeness (QED) is 0.801. The van der Waals surface area contributed by atoms with Gasteiger partial charge in [0.15, 0.2) is 0 Å². The van der Waals surface area contributed by atoms with E-state index in [0.29, 0.717) is 18.5 Å². The molecule has 156 valence electrons. The molecule has 0 unspecified atom stereocenters. The minimum Gasteiger partial charge on any atom is -0.475 e. The molecular formula is C20H21F3N2O3S. The smallest absolute Gasteiger partial charge is 0.475 e. The highest BCUT2D eigenvalue weighted by Gasteiger charge is 2.43. The molecule has 1 aromatic carbocycles. The first-order valence-corrected chi connectivity index (χ1v) is 10.1. The predicted octanol–water partition coefficient (Wildman–Crippen LogP) is 4.15. The van der Waals surface area contributed by atoms with E-state index in [0.717, 1.165) is 31.6 Å². The lowest BCUT2D eigenvalue weighted by Gasteiger charge is -2.39. The SMILES string of the molecule is O=C(O)C(F)(F)F.O=C1CC[C@@H]2[C@@H](CCN2Cc2cccs2)N1c1ccccc1. The summed E-state index contributed by atoms with van der Waals surface area (Å²) in [4.78, 5) is 27.4. The van der Waals surface area contributed by atoms with Crippen LogP contribution in [-0.2, 0) is 16.1 Å². The van der Waals surface area contributed by atoms with E-state index in [4.69, 9.17) is 9.90 Å². The Morgan fingerprint density at radius 2 is 1.79 bits per heavy atom. The maximum atomic E-state index is 12.5. The normalized spacial score (nSPS) is 22.0. The van der Waals surface area contributed by atoms with Crippen molar-refractivity contribution in [3.05, 3.63) is 52.7 Å². The number of aliphatic carboxylic acids is 1. The molecule has 0 spiro atoms. The summed E-state index contributed by atoms with van der Waals surface area (Å²) in [5, 5.41) is 9.27. The van der Waals surface area contributed by atoms with Gasteiger partial charge in [-0.2, -0.15) is 13.2 Å².